The molecule has 3 rings (SSSR count). The normalized spacial score (nSPS) is 19.2. The van der Waals surface area contributed by atoms with Crippen LogP contribution in [-0.2, 0) is 4.79 Å². The second kappa shape index (κ2) is 5.53. The zero-order valence-corrected chi connectivity index (χ0v) is 12.6. The highest BCUT2D eigenvalue weighted by Gasteiger charge is 2.64. The van der Waals surface area contributed by atoms with Gasteiger partial charge in [-0.05, 0) is 29.8 Å². The van der Waals surface area contributed by atoms with E-state index in [9.17, 15) is 13.6 Å². The van der Waals surface area contributed by atoms with Gasteiger partial charge in [0.25, 0.3) is 0 Å². The topological polar surface area (TPSA) is 38.8 Å². The van der Waals surface area contributed by atoms with Gasteiger partial charge in [0.2, 0.25) is 0 Å². The summed E-state index contributed by atoms with van der Waals surface area (Å²) in [6.07, 6.45) is 0. The third kappa shape index (κ3) is 2.30. The first-order valence-corrected chi connectivity index (χ1v) is 6.99. The summed E-state index contributed by atoms with van der Waals surface area (Å²) in [4.78, 5) is 13.0. The van der Waals surface area contributed by atoms with E-state index in [0.29, 0.717) is 17.2 Å². The first-order valence-electron chi connectivity index (χ1n) is 6.99. The van der Waals surface area contributed by atoms with Crippen molar-refractivity contribution < 1.29 is 23.0 Å². The van der Waals surface area contributed by atoms with Crippen molar-refractivity contribution in [3.05, 3.63) is 54.1 Å². The lowest BCUT2D eigenvalue weighted by molar-refractivity contribution is -0.162. The number of methoxy groups -OCH3 is 2. The lowest BCUT2D eigenvalue weighted by Crippen LogP contribution is -2.64. The van der Waals surface area contributed by atoms with Crippen LogP contribution in [0.3, 0.4) is 0 Å². The van der Waals surface area contributed by atoms with Crippen LogP contribution >= 0.6 is 0 Å². The van der Waals surface area contributed by atoms with Crippen molar-refractivity contribution in [1.29, 1.82) is 0 Å². The lowest BCUT2D eigenvalue weighted by Gasteiger charge is -2.46. The molecule has 1 aliphatic rings. The fraction of sp³-hybridized carbons (Fsp3) is 0.235. The zero-order chi connectivity index (χ0) is 16.6. The lowest BCUT2D eigenvalue weighted by atomic mass is 9.88. The van der Waals surface area contributed by atoms with Crippen molar-refractivity contribution in [3.63, 3.8) is 0 Å². The summed E-state index contributed by atoms with van der Waals surface area (Å²) in [6, 6.07) is 11.6. The van der Waals surface area contributed by atoms with Gasteiger partial charge < -0.3 is 9.47 Å². The molecule has 0 saturated carbocycles. The number of carbonyl (C=O) groups excluding carboxylic acids is 1. The number of anilines is 1. The maximum atomic E-state index is 14.2. The van der Waals surface area contributed by atoms with Crippen molar-refractivity contribution in [2.45, 2.75) is 12.0 Å². The van der Waals surface area contributed by atoms with E-state index >= 15 is 0 Å². The van der Waals surface area contributed by atoms with Gasteiger partial charge in [-0.3, -0.25) is 9.69 Å². The average molecular weight is 319 g/mol. The Labute approximate surface area is 132 Å². The Morgan fingerprint density at radius 1 is 1.00 bits per heavy atom. The van der Waals surface area contributed by atoms with Gasteiger partial charge in [-0.1, -0.05) is 24.3 Å². The van der Waals surface area contributed by atoms with Crippen LogP contribution in [0, 0.1) is 0 Å². The summed E-state index contributed by atoms with van der Waals surface area (Å²) in [7, 11) is 2.90. The molecule has 1 aliphatic heterocycles. The van der Waals surface area contributed by atoms with E-state index in [1.165, 1.54) is 26.4 Å². The minimum atomic E-state index is -3.45. The second-order valence-corrected chi connectivity index (χ2v) is 5.15. The van der Waals surface area contributed by atoms with Crippen LogP contribution in [-0.4, -0.2) is 26.0 Å². The molecule has 23 heavy (non-hydrogen) atoms. The first-order chi connectivity index (χ1) is 11.0. The fourth-order valence-corrected chi connectivity index (χ4v) is 2.73. The Morgan fingerprint density at radius 2 is 1.65 bits per heavy atom. The number of amides is 1. The van der Waals surface area contributed by atoms with Crippen LogP contribution in [0.1, 0.15) is 11.6 Å². The molecule has 1 fully saturated rings. The highest BCUT2D eigenvalue weighted by molar-refractivity contribution is 6.07. The molecule has 0 N–H and O–H groups in total. The minimum Gasteiger partial charge on any atom is -0.493 e. The molecule has 1 heterocycles. The van der Waals surface area contributed by atoms with E-state index in [2.05, 4.69) is 0 Å². The predicted octanol–water partition coefficient (Wildman–Crippen LogP) is 3.43. The molecule has 1 atom stereocenters. The summed E-state index contributed by atoms with van der Waals surface area (Å²) in [5.74, 6) is -3.87. The third-order valence-electron chi connectivity index (χ3n) is 3.86. The molecule has 2 aromatic carbocycles. The first kappa shape index (κ1) is 15.3. The van der Waals surface area contributed by atoms with Gasteiger partial charge in [0.05, 0.1) is 14.2 Å². The molecule has 1 amide bonds. The minimum absolute atomic E-state index is 0.288. The maximum Gasteiger partial charge on any atom is 0.349 e. The summed E-state index contributed by atoms with van der Waals surface area (Å²) >= 11 is 0. The molecular formula is C17H15F2NO3. The quantitative estimate of drug-likeness (QED) is 0.811. The van der Waals surface area contributed by atoms with Crippen LogP contribution in [0.15, 0.2) is 48.5 Å². The largest absolute Gasteiger partial charge is 0.493 e. The van der Waals surface area contributed by atoms with Gasteiger partial charge in [-0.15, -0.1) is 0 Å². The SMILES string of the molecule is COc1ccc([C@H]2N(c3ccccc3)C(=O)C2(F)F)cc1OC. The van der Waals surface area contributed by atoms with Crippen LogP contribution in [0.4, 0.5) is 14.5 Å². The third-order valence-corrected chi connectivity index (χ3v) is 3.86. The number of nitrogens with zero attached hydrogens (tertiary/aromatic N) is 1. The van der Waals surface area contributed by atoms with Gasteiger partial charge >= 0.3 is 11.8 Å². The van der Waals surface area contributed by atoms with Crippen molar-refractivity contribution >= 4 is 11.6 Å². The Balaban J connectivity index is 2.04. The van der Waals surface area contributed by atoms with Crippen LogP contribution in [0.25, 0.3) is 0 Å². The van der Waals surface area contributed by atoms with E-state index in [1.807, 2.05) is 0 Å². The van der Waals surface area contributed by atoms with Crippen molar-refractivity contribution in [2.75, 3.05) is 19.1 Å². The molecular weight excluding hydrogens is 304 g/mol. The molecule has 0 aromatic heterocycles. The van der Waals surface area contributed by atoms with Gasteiger partial charge in [-0.25, -0.2) is 0 Å². The summed E-state index contributed by atoms with van der Waals surface area (Å²) in [5.41, 5.74) is 0.722. The summed E-state index contributed by atoms with van der Waals surface area (Å²) in [5, 5.41) is 0. The number of carbonyl (C=O) groups is 1. The van der Waals surface area contributed by atoms with Gasteiger partial charge in [0.1, 0.15) is 6.04 Å². The maximum absolute atomic E-state index is 14.2. The number of hydrogen-bond acceptors (Lipinski definition) is 3. The molecule has 120 valence electrons. The molecule has 0 unspecified atom stereocenters. The van der Waals surface area contributed by atoms with Crippen molar-refractivity contribution in [3.8, 4) is 11.5 Å². The molecule has 0 aliphatic carbocycles. The molecule has 0 spiro atoms. The molecule has 2 aromatic rings. The fourth-order valence-electron chi connectivity index (χ4n) is 2.73. The monoisotopic (exact) mass is 319 g/mol. The van der Waals surface area contributed by atoms with E-state index in [0.717, 1.165) is 4.90 Å². The molecule has 6 heteroatoms. The average Bonchev–Trinajstić information content (AvgIpc) is 2.59. The standard InChI is InChI=1S/C17H15F2NO3/c1-22-13-9-8-11(10-14(13)23-2)15-17(18,19)16(21)20(15)12-6-4-3-5-7-12/h3-10,15H,1-2H3/t15-/m1/s1. The van der Waals surface area contributed by atoms with Crippen molar-refractivity contribution in [2.24, 2.45) is 0 Å². The van der Waals surface area contributed by atoms with E-state index in [4.69, 9.17) is 9.47 Å². The van der Waals surface area contributed by atoms with E-state index < -0.39 is 17.9 Å². The predicted molar refractivity (Wildman–Crippen MR) is 81.2 cm³/mol. The number of ether oxygens (including phenoxy) is 2. The summed E-state index contributed by atoms with van der Waals surface area (Å²) < 4.78 is 38.6. The Morgan fingerprint density at radius 3 is 2.26 bits per heavy atom. The van der Waals surface area contributed by atoms with Gasteiger partial charge in [0, 0.05) is 5.69 Å². The number of benzene rings is 2. The second-order valence-electron chi connectivity index (χ2n) is 5.15. The molecule has 0 bridgehead atoms. The number of β-lactam (4-membered cyclic amide) rings is 1. The number of alkyl halides is 2. The number of halogens is 2. The molecule has 4 nitrogen and oxygen atoms in total. The molecule has 0 radical (unpaired) electrons. The van der Waals surface area contributed by atoms with Gasteiger partial charge in [-0.2, -0.15) is 8.78 Å². The molecule has 1 saturated heterocycles. The zero-order valence-electron chi connectivity index (χ0n) is 12.6. The summed E-state index contributed by atoms with van der Waals surface area (Å²) in [6.45, 7) is 0. The smallest absolute Gasteiger partial charge is 0.349 e. The van der Waals surface area contributed by atoms with Crippen LogP contribution in [0.5, 0.6) is 11.5 Å². The number of rotatable bonds is 4. The van der Waals surface area contributed by atoms with E-state index in [1.54, 1.807) is 36.4 Å². The van der Waals surface area contributed by atoms with Crippen LogP contribution in [0.2, 0.25) is 0 Å². The Bertz CT molecular complexity index is 734. The van der Waals surface area contributed by atoms with Gasteiger partial charge in [0.15, 0.2) is 11.5 Å². The van der Waals surface area contributed by atoms with E-state index in [-0.39, 0.29) is 5.56 Å². The Hall–Kier alpha value is -2.63. The van der Waals surface area contributed by atoms with Crippen LogP contribution < -0.4 is 14.4 Å². The van der Waals surface area contributed by atoms with Crippen molar-refractivity contribution in [1.82, 2.24) is 0 Å². The number of para-hydroxylation sites is 1. The number of hydrogen-bond donors (Lipinski definition) is 0. The highest BCUT2D eigenvalue weighted by atomic mass is 19.3. The highest BCUT2D eigenvalue weighted by Crippen LogP contribution is 2.50. The Kier molecular flexibility index (Phi) is 3.67.